The van der Waals surface area contributed by atoms with E-state index in [0.717, 1.165) is 32.2 Å². The van der Waals surface area contributed by atoms with Crippen LogP contribution < -0.4 is 5.32 Å². The van der Waals surface area contributed by atoms with E-state index in [4.69, 9.17) is 0 Å². The Hall–Kier alpha value is -0.860. The number of amides is 1. The van der Waals surface area contributed by atoms with Gasteiger partial charge in [0.2, 0.25) is 5.91 Å². The lowest BCUT2D eigenvalue weighted by atomic mass is 10.1. The van der Waals surface area contributed by atoms with Crippen LogP contribution in [0.4, 0.5) is 0 Å². The van der Waals surface area contributed by atoms with Crippen LogP contribution in [0.25, 0.3) is 0 Å². The van der Waals surface area contributed by atoms with Crippen LogP contribution in [0, 0.1) is 0 Å². The van der Waals surface area contributed by atoms with Crippen LogP contribution in [-0.2, 0) is 9.59 Å². The van der Waals surface area contributed by atoms with E-state index in [1.807, 2.05) is 34.6 Å². The fourth-order valence-electron chi connectivity index (χ4n) is 1.21. The summed E-state index contributed by atoms with van der Waals surface area (Å²) in [6.07, 6.45) is 5.44. The van der Waals surface area contributed by atoms with E-state index in [-0.39, 0.29) is 11.7 Å². The number of hydrogen-bond acceptors (Lipinski definition) is 2. The number of unbranched alkanes of at least 4 members (excludes halogenated alkanes) is 3. The largest absolute Gasteiger partial charge is 0.356 e. The number of Topliss-reactive ketones (excluding diaryl/α,β-unsaturated/α-hetero) is 1. The van der Waals surface area contributed by atoms with Crippen molar-refractivity contribution in [3.05, 3.63) is 0 Å². The van der Waals surface area contributed by atoms with Crippen molar-refractivity contribution in [3.8, 4) is 0 Å². The van der Waals surface area contributed by atoms with Crippen LogP contribution in [0.2, 0.25) is 0 Å². The van der Waals surface area contributed by atoms with E-state index in [2.05, 4.69) is 5.32 Å². The summed E-state index contributed by atoms with van der Waals surface area (Å²) in [6, 6.07) is 0. The molecular weight excluding hydrogens is 226 g/mol. The predicted molar refractivity (Wildman–Crippen MR) is 79.8 cm³/mol. The van der Waals surface area contributed by atoms with Crippen molar-refractivity contribution in [1.82, 2.24) is 5.32 Å². The average molecular weight is 259 g/mol. The predicted octanol–water partition coefficient (Wildman–Crippen LogP) is 4.10. The normalized spacial score (nSPS) is 8.33. The molecule has 0 fully saturated rings. The molecule has 0 rings (SSSR count). The minimum Gasteiger partial charge on any atom is -0.356 e. The van der Waals surface area contributed by atoms with Crippen molar-refractivity contribution < 1.29 is 9.59 Å². The van der Waals surface area contributed by atoms with E-state index in [9.17, 15) is 9.59 Å². The topological polar surface area (TPSA) is 46.2 Å². The van der Waals surface area contributed by atoms with Gasteiger partial charge in [-0.25, -0.2) is 0 Å². The van der Waals surface area contributed by atoms with Gasteiger partial charge in [-0.2, -0.15) is 0 Å². The zero-order valence-corrected chi connectivity index (χ0v) is 13.3. The Bertz CT molecular complexity index is 179. The fraction of sp³-hybridized carbons (Fsp3) is 0.867. The molecule has 0 spiro atoms. The smallest absolute Gasteiger partial charge is 0.219 e. The average Bonchev–Trinajstić information content (AvgIpc) is 2.41. The molecule has 0 aliphatic rings. The fourth-order valence-corrected chi connectivity index (χ4v) is 1.21. The molecule has 3 nitrogen and oxygen atoms in total. The van der Waals surface area contributed by atoms with Gasteiger partial charge in [-0.05, 0) is 19.8 Å². The molecule has 0 aromatic rings. The zero-order valence-electron chi connectivity index (χ0n) is 13.3. The van der Waals surface area contributed by atoms with Gasteiger partial charge >= 0.3 is 0 Å². The number of carbonyl (C=O) groups excluding carboxylic acids is 2. The van der Waals surface area contributed by atoms with Crippen LogP contribution in [0.5, 0.6) is 0 Å². The van der Waals surface area contributed by atoms with E-state index < -0.39 is 0 Å². The molecule has 0 atom stereocenters. The first-order valence-corrected chi connectivity index (χ1v) is 7.43. The molecular formula is C15H33NO2. The third-order valence-corrected chi connectivity index (χ3v) is 2.10. The van der Waals surface area contributed by atoms with E-state index in [1.54, 1.807) is 6.92 Å². The summed E-state index contributed by atoms with van der Waals surface area (Å²) in [5.41, 5.74) is 0. The summed E-state index contributed by atoms with van der Waals surface area (Å²) in [7, 11) is 0. The van der Waals surface area contributed by atoms with Gasteiger partial charge in [-0.1, -0.05) is 47.5 Å². The Morgan fingerprint density at radius 2 is 1.39 bits per heavy atom. The number of nitrogens with one attached hydrogen (secondary N) is 1. The summed E-state index contributed by atoms with van der Waals surface area (Å²) >= 11 is 0. The second-order valence-electron chi connectivity index (χ2n) is 3.57. The maximum absolute atomic E-state index is 10.8. The molecule has 0 aliphatic carbocycles. The van der Waals surface area contributed by atoms with Crippen LogP contribution >= 0.6 is 0 Å². The molecule has 1 amide bonds. The summed E-state index contributed by atoms with van der Waals surface area (Å²) in [5.74, 6) is 0.387. The van der Waals surface area contributed by atoms with Gasteiger partial charge in [-0.3, -0.25) is 4.79 Å². The van der Waals surface area contributed by atoms with Crippen molar-refractivity contribution in [2.24, 2.45) is 0 Å². The molecule has 0 aromatic carbocycles. The van der Waals surface area contributed by atoms with Crippen molar-refractivity contribution >= 4 is 11.7 Å². The Labute approximate surface area is 114 Å². The first kappa shape index (κ1) is 22.3. The monoisotopic (exact) mass is 259 g/mol. The standard InChI is InChI=1S/C11H21NO2.2C2H6/c1-3-11(14)12-9-7-5-4-6-8-10(2)13;2*1-2/h3-9H2,1-2H3,(H,12,14);2*1-2H3. The number of carbonyl (C=O) groups is 2. The van der Waals surface area contributed by atoms with E-state index in [1.165, 1.54) is 0 Å². The number of rotatable bonds is 8. The Morgan fingerprint density at radius 1 is 0.889 bits per heavy atom. The molecule has 0 bridgehead atoms. The molecule has 0 aliphatic heterocycles. The minimum absolute atomic E-state index is 0.119. The highest BCUT2D eigenvalue weighted by Crippen LogP contribution is 2.02. The first-order valence-electron chi connectivity index (χ1n) is 7.43. The first-order chi connectivity index (χ1) is 8.66. The Balaban J connectivity index is -0.000000506. The molecule has 0 saturated carbocycles. The van der Waals surface area contributed by atoms with Crippen LogP contribution in [0.3, 0.4) is 0 Å². The number of ketones is 1. The van der Waals surface area contributed by atoms with Gasteiger partial charge in [0.05, 0.1) is 0 Å². The minimum atomic E-state index is 0.119. The van der Waals surface area contributed by atoms with Crippen molar-refractivity contribution in [2.75, 3.05) is 6.54 Å². The molecule has 0 heterocycles. The van der Waals surface area contributed by atoms with E-state index in [0.29, 0.717) is 12.8 Å². The summed E-state index contributed by atoms with van der Waals surface area (Å²) in [5, 5.41) is 2.83. The molecule has 0 aromatic heterocycles. The lowest BCUT2D eigenvalue weighted by Crippen LogP contribution is -2.23. The quantitative estimate of drug-likeness (QED) is 0.667. The van der Waals surface area contributed by atoms with Gasteiger partial charge in [0.15, 0.2) is 0 Å². The second kappa shape index (κ2) is 21.4. The molecule has 0 saturated heterocycles. The maximum Gasteiger partial charge on any atom is 0.219 e. The highest BCUT2D eigenvalue weighted by atomic mass is 16.1. The molecule has 110 valence electrons. The van der Waals surface area contributed by atoms with Crippen molar-refractivity contribution in [2.45, 2.75) is 80.1 Å². The van der Waals surface area contributed by atoms with Gasteiger partial charge in [0.1, 0.15) is 5.78 Å². The van der Waals surface area contributed by atoms with Crippen LogP contribution in [0.15, 0.2) is 0 Å². The highest BCUT2D eigenvalue weighted by molar-refractivity contribution is 5.75. The molecule has 0 unspecified atom stereocenters. The third kappa shape index (κ3) is 24.4. The Kier molecular flexibility index (Phi) is 26.6. The molecule has 3 heteroatoms. The van der Waals surface area contributed by atoms with Crippen LogP contribution in [0.1, 0.15) is 80.1 Å². The van der Waals surface area contributed by atoms with Gasteiger partial charge < -0.3 is 10.1 Å². The summed E-state index contributed by atoms with van der Waals surface area (Å²) in [4.78, 5) is 21.4. The molecule has 18 heavy (non-hydrogen) atoms. The summed E-state index contributed by atoms with van der Waals surface area (Å²) in [6.45, 7) is 12.2. The van der Waals surface area contributed by atoms with Crippen LogP contribution in [-0.4, -0.2) is 18.2 Å². The van der Waals surface area contributed by atoms with Gasteiger partial charge in [0, 0.05) is 19.4 Å². The number of hydrogen-bond donors (Lipinski definition) is 1. The van der Waals surface area contributed by atoms with Gasteiger partial charge in [0.25, 0.3) is 0 Å². The zero-order chi connectivity index (χ0) is 14.8. The second-order valence-corrected chi connectivity index (χ2v) is 3.57. The van der Waals surface area contributed by atoms with Crippen molar-refractivity contribution in [3.63, 3.8) is 0 Å². The summed E-state index contributed by atoms with van der Waals surface area (Å²) < 4.78 is 0. The lowest BCUT2D eigenvalue weighted by molar-refractivity contribution is -0.120. The molecule has 0 radical (unpaired) electrons. The van der Waals surface area contributed by atoms with Crippen molar-refractivity contribution in [1.29, 1.82) is 0 Å². The Morgan fingerprint density at radius 3 is 1.83 bits per heavy atom. The highest BCUT2D eigenvalue weighted by Gasteiger charge is 1.96. The van der Waals surface area contributed by atoms with E-state index >= 15 is 0 Å². The van der Waals surface area contributed by atoms with Gasteiger partial charge in [-0.15, -0.1) is 0 Å². The third-order valence-electron chi connectivity index (χ3n) is 2.10. The SMILES string of the molecule is CC.CC.CCC(=O)NCCCCCCC(C)=O. The maximum atomic E-state index is 10.8. The lowest BCUT2D eigenvalue weighted by Gasteiger charge is -2.02. The molecule has 1 N–H and O–H groups in total.